The first-order valence-electron chi connectivity index (χ1n) is 9.23. The fourth-order valence-electron chi connectivity index (χ4n) is 3.97. The quantitative estimate of drug-likeness (QED) is 0.876. The molecule has 1 fully saturated rings. The zero-order valence-corrected chi connectivity index (χ0v) is 14.8. The molecule has 1 aliphatic carbocycles. The first-order chi connectivity index (χ1) is 13.0. The van der Waals surface area contributed by atoms with Crippen molar-refractivity contribution in [3.63, 3.8) is 0 Å². The molecule has 0 radical (unpaired) electrons. The Labute approximate surface area is 156 Å². The molecule has 2 aromatic carbocycles. The van der Waals surface area contributed by atoms with Crippen molar-refractivity contribution >= 4 is 23.2 Å². The van der Waals surface area contributed by atoms with Crippen molar-refractivity contribution in [2.24, 2.45) is 5.92 Å². The predicted molar refractivity (Wildman–Crippen MR) is 98.8 cm³/mol. The van der Waals surface area contributed by atoms with E-state index in [4.69, 9.17) is 0 Å². The molecule has 140 valence electrons. The molecule has 6 heteroatoms. The van der Waals surface area contributed by atoms with Gasteiger partial charge in [0.1, 0.15) is 11.6 Å². The van der Waals surface area contributed by atoms with E-state index in [1.165, 1.54) is 0 Å². The van der Waals surface area contributed by atoms with Crippen LogP contribution in [0.25, 0.3) is 0 Å². The fourth-order valence-corrected chi connectivity index (χ4v) is 3.97. The molecule has 1 aliphatic heterocycles. The molecule has 4 nitrogen and oxygen atoms in total. The van der Waals surface area contributed by atoms with Crippen LogP contribution in [-0.4, -0.2) is 18.4 Å². The Balaban J connectivity index is 1.50. The van der Waals surface area contributed by atoms with Gasteiger partial charge in [0.15, 0.2) is 0 Å². The van der Waals surface area contributed by atoms with Crippen LogP contribution in [0.3, 0.4) is 0 Å². The smallest absolute Gasteiger partial charge is 0.258 e. The van der Waals surface area contributed by atoms with E-state index in [1.54, 1.807) is 6.07 Å². The Morgan fingerprint density at radius 2 is 1.81 bits per heavy atom. The lowest BCUT2D eigenvalue weighted by atomic mass is 10.1. The standard InChI is InChI=1S/C21H20F2N2O2/c22-15-5-7-17(18(23)12-15)20(26)24-16-6-8-19-14(11-16)9-10-25(19)21(27)13-3-1-2-4-13/h5-8,11-13H,1-4,9-10H2,(H,24,26). The summed E-state index contributed by atoms with van der Waals surface area (Å²) in [6.45, 7) is 0.647. The van der Waals surface area contributed by atoms with Crippen LogP contribution in [0.4, 0.5) is 20.2 Å². The summed E-state index contributed by atoms with van der Waals surface area (Å²) in [6.07, 6.45) is 4.87. The van der Waals surface area contributed by atoms with Crippen molar-refractivity contribution in [3.05, 3.63) is 59.2 Å². The van der Waals surface area contributed by atoms with Gasteiger partial charge in [0.25, 0.3) is 5.91 Å². The Kier molecular flexibility index (Phi) is 4.64. The van der Waals surface area contributed by atoms with E-state index in [2.05, 4.69) is 5.32 Å². The summed E-state index contributed by atoms with van der Waals surface area (Å²) in [5.74, 6) is -1.95. The van der Waals surface area contributed by atoms with Gasteiger partial charge in [-0.3, -0.25) is 9.59 Å². The molecule has 27 heavy (non-hydrogen) atoms. The normalized spacial score (nSPS) is 16.4. The lowest BCUT2D eigenvalue weighted by molar-refractivity contribution is -0.122. The van der Waals surface area contributed by atoms with E-state index in [9.17, 15) is 18.4 Å². The van der Waals surface area contributed by atoms with E-state index < -0.39 is 17.5 Å². The SMILES string of the molecule is O=C(Nc1ccc2c(c1)CCN2C(=O)C1CCCC1)c1ccc(F)cc1F. The Bertz CT molecular complexity index is 907. The molecule has 0 aromatic heterocycles. The Morgan fingerprint density at radius 3 is 2.56 bits per heavy atom. The van der Waals surface area contributed by atoms with Gasteiger partial charge in [-0.2, -0.15) is 0 Å². The largest absolute Gasteiger partial charge is 0.322 e. The summed E-state index contributed by atoms with van der Waals surface area (Å²) < 4.78 is 26.8. The van der Waals surface area contributed by atoms with Gasteiger partial charge in [-0.1, -0.05) is 12.8 Å². The zero-order chi connectivity index (χ0) is 19.0. The van der Waals surface area contributed by atoms with Gasteiger partial charge >= 0.3 is 0 Å². The molecule has 1 heterocycles. The van der Waals surface area contributed by atoms with Crippen LogP contribution < -0.4 is 10.2 Å². The number of nitrogens with zero attached hydrogens (tertiary/aromatic N) is 1. The van der Waals surface area contributed by atoms with Gasteiger partial charge in [0.2, 0.25) is 5.91 Å². The monoisotopic (exact) mass is 370 g/mol. The number of carbonyl (C=O) groups is 2. The van der Waals surface area contributed by atoms with Crippen molar-refractivity contribution in [2.45, 2.75) is 32.1 Å². The Morgan fingerprint density at radius 1 is 1.04 bits per heavy atom. The van der Waals surface area contributed by atoms with Gasteiger partial charge in [0, 0.05) is 29.9 Å². The number of benzene rings is 2. The van der Waals surface area contributed by atoms with Crippen molar-refractivity contribution in [1.29, 1.82) is 0 Å². The summed E-state index contributed by atoms with van der Waals surface area (Å²) in [5, 5.41) is 2.64. The topological polar surface area (TPSA) is 49.4 Å². The first-order valence-corrected chi connectivity index (χ1v) is 9.23. The highest BCUT2D eigenvalue weighted by molar-refractivity contribution is 6.05. The molecule has 2 aliphatic rings. The van der Waals surface area contributed by atoms with E-state index in [0.717, 1.165) is 55.5 Å². The zero-order valence-electron chi connectivity index (χ0n) is 14.8. The average Bonchev–Trinajstić information content (AvgIpc) is 3.30. The summed E-state index contributed by atoms with van der Waals surface area (Å²) in [5.41, 5.74) is 2.18. The van der Waals surface area contributed by atoms with E-state index in [-0.39, 0.29) is 17.4 Å². The van der Waals surface area contributed by atoms with E-state index in [1.807, 2.05) is 17.0 Å². The van der Waals surface area contributed by atoms with Gasteiger partial charge in [-0.15, -0.1) is 0 Å². The molecule has 0 atom stereocenters. The average molecular weight is 370 g/mol. The highest BCUT2D eigenvalue weighted by atomic mass is 19.1. The Hall–Kier alpha value is -2.76. The third-order valence-corrected chi connectivity index (χ3v) is 5.38. The minimum absolute atomic E-state index is 0.122. The molecule has 1 saturated carbocycles. The van der Waals surface area contributed by atoms with Crippen LogP contribution in [-0.2, 0) is 11.2 Å². The molecule has 0 bridgehead atoms. The molecule has 0 saturated heterocycles. The molecule has 4 rings (SSSR count). The lowest BCUT2D eigenvalue weighted by Crippen LogP contribution is -2.33. The van der Waals surface area contributed by atoms with Gasteiger partial charge in [-0.05, 0) is 55.2 Å². The number of amides is 2. The maximum atomic E-state index is 13.8. The third-order valence-electron chi connectivity index (χ3n) is 5.38. The molecule has 2 amide bonds. The third kappa shape index (κ3) is 3.44. The molecule has 2 aromatic rings. The van der Waals surface area contributed by atoms with E-state index in [0.29, 0.717) is 18.3 Å². The van der Waals surface area contributed by atoms with Crippen LogP contribution in [0.2, 0.25) is 0 Å². The number of fused-ring (bicyclic) bond motifs is 1. The van der Waals surface area contributed by atoms with Crippen LogP contribution in [0.15, 0.2) is 36.4 Å². The van der Waals surface area contributed by atoms with Gasteiger partial charge in [-0.25, -0.2) is 8.78 Å². The minimum Gasteiger partial charge on any atom is -0.322 e. The highest BCUT2D eigenvalue weighted by Crippen LogP contribution is 2.35. The summed E-state index contributed by atoms with van der Waals surface area (Å²) in [4.78, 5) is 26.8. The number of halogens is 2. The lowest BCUT2D eigenvalue weighted by Gasteiger charge is -2.21. The molecular formula is C21H20F2N2O2. The molecule has 0 unspecified atom stereocenters. The van der Waals surface area contributed by atoms with Crippen LogP contribution in [0.5, 0.6) is 0 Å². The maximum Gasteiger partial charge on any atom is 0.258 e. The minimum atomic E-state index is -0.901. The molecular weight excluding hydrogens is 350 g/mol. The molecule has 1 N–H and O–H groups in total. The summed E-state index contributed by atoms with van der Waals surface area (Å²) in [6, 6.07) is 8.20. The van der Waals surface area contributed by atoms with Crippen LogP contribution in [0, 0.1) is 17.6 Å². The van der Waals surface area contributed by atoms with E-state index >= 15 is 0 Å². The number of carbonyl (C=O) groups excluding carboxylic acids is 2. The second-order valence-electron chi connectivity index (χ2n) is 7.14. The summed E-state index contributed by atoms with van der Waals surface area (Å²) in [7, 11) is 0. The number of anilines is 2. The number of hydrogen-bond donors (Lipinski definition) is 1. The van der Waals surface area contributed by atoms with Crippen molar-refractivity contribution in [2.75, 3.05) is 16.8 Å². The highest BCUT2D eigenvalue weighted by Gasteiger charge is 2.31. The van der Waals surface area contributed by atoms with Crippen molar-refractivity contribution < 1.29 is 18.4 Å². The van der Waals surface area contributed by atoms with Crippen LogP contribution in [0.1, 0.15) is 41.6 Å². The van der Waals surface area contributed by atoms with Crippen molar-refractivity contribution in [1.82, 2.24) is 0 Å². The van der Waals surface area contributed by atoms with Crippen LogP contribution >= 0.6 is 0 Å². The second-order valence-corrected chi connectivity index (χ2v) is 7.14. The van der Waals surface area contributed by atoms with Crippen molar-refractivity contribution in [3.8, 4) is 0 Å². The maximum absolute atomic E-state index is 13.8. The number of nitrogens with one attached hydrogen (secondary N) is 1. The number of hydrogen-bond acceptors (Lipinski definition) is 2. The summed E-state index contributed by atoms with van der Waals surface area (Å²) >= 11 is 0. The van der Waals surface area contributed by atoms with Gasteiger partial charge in [0.05, 0.1) is 5.56 Å². The van der Waals surface area contributed by atoms with Gasteiger partial charge < -0.3 is 10.2 Å². The first kappa shape index (κ1) is 17.6. The molecule has 0 spiro atoms. The fraction of sp³-hybridized carbons (Fsp3) is 0.333. The second kappa shape index (κ2) is 7.10. The predicted octanol–water partition coefficient (Wildman–Crippen LogP) is 4.30. The number of rotatable bonds is 3.